The van der Waals surface area contributed by atoms with Gasteiger partial charge in [0.2, 0.25) is 0 Å². The number of hydrogen-bond acceptors (Lipinski definition) is 3. The minimum atomic E-state index is 0.245. The van der Waals surface area contributed by atoms with E-state index in [1.54, 1.807) is 0 Å². The first-order valence-electron chi connectivity index (χ1n) is 7.91. The highest BCUT2D eigenvalue weighted by Gasteiger charge is 2.18. The van der Waals surface area contributed by atoms with E-state index in [2.05, 4.69) is 45.0 Å². The Kier molecular flexibility index (Phi) is 7.33. The summed E-state index contributed by atoms with van der Waals surface area (Å²) in [5, 5.41) is 3.56. The molecule has 0 aromatic rings. The Morgan fingerprint density at radius 1 is 1.37 bits per heavy atom. The van der Waals surface area contributed by atoms with E-state index in [4.69, 9.17) is 4.74 Å². The second-order valence-corrected chi connectivity index (χ2v) is 7.19. The lowest BCUT2D eigenvalue weighted by Crippen LogP contribution is -2.38. The van der Waals surface area contributed by atoms with Crippen LogP contribution in [0.5, 0.6) is 0 Å². The molecule has 0 saturated carbocycles. The highest BCUT2D eigenvalue weighted by atomic mass is 16.5. The molecule has 1 fully saturated rings. The van der Waals surface area contributed by atoms with Crippen molar-refractivity contribution in [1.29, 1.82) is 0 Å². The van der Waals surface area contributed by atoms with Crippen molar-refractivity contribution in [2.75, 3.05) is 33.4 Å². The van der Waals surface area contributed by atoms with Gasteiger partial charge in [-0.1, -0.05) is 0 Å². The monoisotopic (exact) mass is 270 g/mol. The van der Waals surface area contributed by atoms with Crippen molar-refractivity contribution in [2.45, 2.75) is 65.0 Å². The molecular weight excluding hydrogens is 236 g/mol. The Labute approximate surface area is 120 Å². The van der Waals surface area contributed by atoms with E-state index in [1.165, 1.54) is 32.2 Å². The van der Waals surface area contributed by atoms with E-state index in [1.807, 2.05) is 0 Å². The Hall–Kier alpha value is -0.120. The van der Waals surface area contributed by atoms with Gasteiger partial charge >= 0.3 is 0 Å². The fourth-order valence-corrected chi connectivity index (χ4v) is 2.62. The van der Waals surface area contributed by atoms with Crippen LogP contribution in [0.2, 0.25) is 0 Å². The van der Waals surface area contributed by atoms with Gasteiger partial charge in [-0.05, 0) is 72.9 Å². The zero-order chi connectivity index (χ0) is 14.3. The quantitative estimate of drug-likeness (QED) is 0.720. The van der Waals surface area contributed by atoms with Gasteiger partial charge in [-0.2, -0.15) is 0 Å². The fraction of sp³-hybridized carbons (Fsp3) is 1.00. The van der Waals surface area contributed by atoms with Crippen LogP contribution in [0.4, 0.5) is 0 Å². The average Bonchev–Trinajstić information content (AvgIpc) is 2.34. The molecule has 2 unspecified atom stereocenters. The maximum absolute atomic E-state index is 5.56. The number of hydrogen-bond donors (Lipinski definition) is 1. The molecule has 1 saturated heterocycles. The molecule has 2 atom stereocenters. The van der Waals surface area contributed by atoms with Crippen LogP contribution in [0, 0.1) is 5.92 Å². The molecule has 0 spiro atoms. The van der Waals surface area contributed by atoms with Crippen LogP contribution in [-0.4, -0.2) is 49.8 Å². The summed E-state index contributed by atoms with van der Waals surface area (Å²) in [7, 11) is 2.26. The van der Waals surface area contributed by atoms with Crippen molar-refractivity contribution in [3.8, 4) is 0 Å². The van der Waals surface area contributed by atoms with E-state index in [0.29, 0.717) is 6.04 Å². The molecule has 1 rings (SSSR count). The van der Waals surface area contributed by atoms with E-state index >= 15 is 0 Å². The Bertz CT molecular complexity index is 231. The summed E-state index contributed by atoms with van der Waals surface area (Å²) >= 11 is 0. The third kappa shape index (κ3) is 7.91. The van der Waals surface area contributed by atoms with Gasteiger partial charge in [0.05, 0.1) is 6.61 Å². The first kappa shape index (κ1) is 16.9. The highest BCUT2D eigenvalue weighted by molar-refractivity contribution is 4.73. The number of nitrogens with zero attached hydrogens (tertiary/aromatic N) is 1. The molecule has 0 aromatic carbocycles. The molecule has 0 aromatic heterocycles. The van der Waals surface area contributed by atoms with E-state index in [0.717, 1.165) is 25.7 Å². The fourth-order valence-electron chi connectivity index (χ4n) is 2.62. The zero-order valence-electron chi connectivity index (χ0n) is 13.7. The minimum absolute atomic E-state index is 0.245. The molecule has 0 radical (unpaired) electrons. The van der Waals surface area contributed by atoms with Gasteiger partial charge in [0.1, 0.15) is 0 Å². The lowest BCUT2D eigenvalue weighted by molar-refractivity contribution is 0.0366. The van der Waals surface area contributed by atoms with Crippen molar-refractivity contribution >= 4 is 0 Å². The summed E-state index contributed by atoms with van der Waals surface area (Å²) in [5.41, 5.74) is 0.245. The van der Waals surface area contributed by atoms with E-state index in [-0.39, 0.29) is 5.54 Å². The van der Waals surface area contributed by atoms with Crippen LogP contribution in [0.25, 0.3) is 0 Å². The van der Waals surface area contributed by atoms with Crippen LogP contribution >= 0.6 is 0 Å². The third-order valence-electron chi connectivity index (χ3n) is 4.01. The molecule has 1 N–H and O–H groups in total. The molecule has 114 valence electrons. The molecular formula is C16H34N2O. The lowest BCUT2D eigenvalue weighted by atomic mass is 10.0. The molecule has 0 amide bonds. The molecule has 0 bridgehead atoms. The van der Waals surface area contributed by atoms with Crippen LogP contribution in [0.3, 0.4) is 0 Å². The maximum Gasteiger partial charge on any atom is 0.0506 e. The van der Waals surface area contributed by atoms with Gasteiger partial charge < -0.3 is 15.0 Å². The van der Waals surface area contributed by atoms with Gasteiger partial charge in [0, 0.05) is 24.7 Å². The van der Waals surface area contributed by atoms with Crippen LogP contribution in [0.15, 0.2) is 0 Å². The van der Waals surface area contributed by atoms with Crippen molar-refractivity contribution < 1.29 is 4.74 Å². The third-order valence-corrected chi connectivity index (χ3v) is 4.01. The van der Waals surface area contributed by atoms with Gasteiger partial charge in [-0.15, -0.1) is 0 Å². The topological polar surface area (TPSA) is 24.5 Å². The summed E-state index contributed by atoms with van der Waals surface area (Å²) in [4.78, 5) is 2.51. The molecule has 1 heterocycles. The second-order valence-electron chi connectivity index (χ2n) is 7.19. The summed E-state index contributed by atoms with van der Waals surface area (Å²) in [6.07, 6.45) is 5.10. The van der Waals surface area contributed by atoms with Gasteiger partial charge in [0.15, 0.2) is 0 Å². The van der Waals surface area contributed by atoms with Gasteiger partial charge in [-0.25, -0.2) is 0 Å². The summed E-state index contributed by atoms with van der Waals surface area (Å²) in [5.74, 6) is 0.744. The maximum atomic E-state index is 5.56. The minimum Gasteiger partial charge on any atom is -0.381 e. The summed E-state index contributed by atoms with van der Waals surface area (Å²) < 4.78 is 5.56. The molecule has 3 nitrogen and oxygen atoms in total. The first-order valence-corrected chi connectivity index (χ1v) is 7.91. The normalized spacial score (nSPS) is 22.7. The number of rotatable bonds is 7. The van der Waals surface area contributed by atoms with Crippen molar-refractivity contribution in [3.05, 3.63) is 0 Å². The SMILES string of the molecule is CC(CCCNC(C)(C)C)N(C)CC1CCCOC1. The molecule has 19 heavy (non-hydrogen) atoms. The standard InChI is InChI=1S/C16H34N2O/c1-14(8-6-10-17-16(2,3)4)18(5)12-15-9-7-11-19-13-15/h14-15,17H,6-13H2,1-5H3. The Morgan fingerprint density at radius 3 is 2.68 bits per heavy atom. The van der Waals surface area contributed by atoms with Crippen LogP contribution < -0.4 is 5.32 Å². The van der Waals surface area contributed by atoms with Gasteiger partial charge in [-0.3, -0.25) is 0 Å². The van der Waals surface area contributed by atoms with E-state index < -0.39 is 0 Å². The van der Waals surface area contributed by atoms with Crippen LogP contribution in [0.1, 0.15) is 53.4 Å². The summed E-state index contributed by atoms with van der Waals surface area (Å²) in [6, 6.07) is 0.670. The molecule has 1 aliphatic heterocycles. The number of ether oxygens (including phenoxy) is 1. The van der Waals surface area contributed by atoms with Crippen molar-refractivity contribution in [3.63, 3.8) is 0 Å². The average molecular weight is 270 g/mol. The molecule has 1 aliphatic rings. The van der Waals surface area contributed by atoms with Gasteiger partial charge in [0.25, 0.3) is 0 Å². The second kappa shape index (κ2) is 8.23. The van der Waals surface area contributed by atoms with Crippen molar-refractivity contribution in [1.82, 2.24) is 10.2 Å². The molecule has 0 aliphatic carbocycles. The number of nitrogens with one attached hydrogen (secondary N) is 1. The smallest absolute Gasteiger partial charge is 0.0506 e. The largest absolute Gasteiger partial charge is 0.381 e. The highest BCUT2D eigenvalue weighted by Crippen LogP contribution is 2.16. The Balaban J connectivity index is 2.12. The zero-order valence-corrected chi connectivity index (χ0v) is 13.7. The summed E-state index contributed by atoms with van der Waals surface area (Å²) in [6.45, 7) is 13.3. The first-order chi connectivity index (χ1) is 8.88. The lowest BCUT2D eigenvalue weighted by Gasteiger charge is -2.31. The predicted octanol–water partition coefficient (Wildman–Crippen LogP) is 2.90. The predicted molar refractivity (Wildman–Crippen MR) is 82.6 cm³/mol. The molecule has 3 heteroatoms. The Morgan fingerprint density at radius 2 is 2.11 bits per heavy atom. The van der Waals surface area contributed by atoms with Crippen molar-refractivity contribution in [2.24, 2.45) is 5.92 Å². The van der Waals surface area contributed by atoms with Crippen LogP contribution in [-0.2, 0) is 4.74 Å². The van der Waals surface area contributed by atoms with E-state index in [9.17, 15) is 0 Å².